The number of likely N-dealkylation sites (tertiary alicyclic amines) is 1. The summed E-state index contributed by atoms with van der Waals surface area (Å²) in [4.78, 5) is 41.6. The van der Waals surface area contributed by atoms with Gasteiger partial charge in [-0.15, -0.1) is 0 Å². The fraction of sp³-hybridized carbons (Fsp3) is 0.360. The summed E-state index contributed by atoms with van der Waals surface area (Å²) in [6.07, 6.45) is 2.19. The molecule has 1 spiro atoms. The second-order valence-corrected chi connectivity index (χ2v) is 9.60. The highest BCUT2D eigenvalue weighted by atomic mass is 16.4. The summed E-state index contributed by atoms with van der Waals surface area (Å²) in [7, 11) is 0. The summed E-state index contributed by atoms with van der Waals surface area (Å²) in [6.45, 7) is 1.89. The van der Waals surface area contributed by atoms with E-state index in [-0.39, 0.29) is 34.7 Å². The second kappa shape index (κ2) is 8.16. The standard InChI is InChI=1S/C25H27N5O4/c26-24(27)29-13-25(14-29)11-17(12-25)22(32)30-10-9-15-3-1-2-4-19(15)20(30)21(31)28-18-7-5-16(6-8-18)23(33)34/h1-8,17,20H,9-14H2,(H3,26,27)(H,28,31)(H,33,34). The van der Waals surface area contributed by atoms with Gasteiger partial charge in [-0.2, -0.15) is 0 Å². The fourth-order valence-corrected chi connectivity index (χ4v) is 5.58. The first kappa shape index (κ1) is 21.9. The molecule has 9 nitrogen and oxygen atoms in total. The third-order valence-corrected chi connectivity index (χ3v) is 7.32. The molecule has 0 radical (unpaired) electrons. The lowest BCUT2D eigenvalue weighted by Gasteiger charge is -2.59. The molecule has 2 aliphatic heterocycles. The number of carbonyl (C=O) groups excluding carboxylic acids is 2. The van der Waals surface area contributed by atoms with Gasteiger partial charge in [0.15, 0.2) is 5.96 Å². The number of rotatable bonds is 4. The Balaban J connectivity index is 1.33. The van der Waals surface area contributed by atoms with Gasteiger partial charge in [-0.3, -0.25) is 15.0 Å². The summed E-state index contributed by atoms with van der Waals surface area (Å²) >= 11 is 0. The Morgan fingerprint density at radius 3 is 2.38 bits per heavy atom. The van der Waals surface area contributed by atoms with E-state index in [0.29, 0.717) is 31.7 Å². The Morgan fingerprint density at radius 1 is 1.06 bits per heavy atom. The highest BCUT2D eigenvalue weighted by Gasteiger charge is 2.56. The summed E-state index contributed by atoms with van der Waals surface area (Å²) in [5.41, 5.74) is 8.10. The zero-order valence-electron chi connectivity index (χ0n) is 18.7. The lowest BCUT2D eigenvalue weighted by atomic mass is 9.57. The molecule has 2 aromatic rings. The lowest BCUT2D eigenvalue weighted by Crippen LogP contribution is -2.66. The van der Waals surface area contributed by atoms with Crippen LogP contribution < -0.4 is 11.1 Å². The van der Waals surface area contributed by atoms with Crippen LogP contribution in [0.4, 0.5) is 5.69 Å². The molecule has 5 rings (SSSR count). The summed E-state index contributed by atoms with van der Waals surface area (Å²) in [5.74, 6) is -1.43. The van der Waals surface area contributed by atoms with E-state index in [1.165, 1.54) is 12.1 Å². The van der Waals surface area contributed by atoms with Gasteiger partial charge in [0.25, 0.3) is 5.91 Å². The predicted molar refractivity (Wildman–Crippen MR) is 125 cm³/mol. The lowest BCUT2D eigenvalue weighted by molar-refractivity contribution is -0.155. The largest absolute Gasteiger partial charge is 0.478 e. The number of amides is 2. The summed E-state index contributed by atoms with van der Waals surface area (Å²) < 4.78 is 0. The molecular formula is C25H27N5O4. The predicted octanol–water partition coefficient (Wildman–Crippen LogP) is 2.05. The Hall–Kier alpha value is -3.88. The Kier molecular flexibility index (Phi) is 5.27. The molecule has 5 N–H and O–H groups in total. The molecule has 1 aliphatic carbocycles. The summed E-state index contributed by atoms with van der Waals surface area (Å²) in [6, 6.07) is 12.9. The van der Waals surface area contributed by atoms with Gasteiger partial charge < -0.3 is 26.0 Å². The number of hydrogen-bond acceptors (Lipinski definition) is 4. The number of benzene rings is 2. The van der Waals surface area contributed by atoms with Crippen molar-refractivity contribution in [3.8, 4) is 0 Å². The van der Waals surface area contributed by atoms with Crippen LogP contribution in [-0.4, -0.2) is 58.3 Å². The zero-order valence-corrected chi connectivity index (χ0v) is 18.7. The van der Waals surface area contributed by atoms with Crippen LogP contribution >= 0.6 is 0 Å². The number of nitrogens with zero attached hydrogens (tertiary/aromatic N) is 2. The van der Waals surface area contributed by atoms with Crippen LogP contribution in [0.25, 0.3) is 0 Å². The van der Waals surface area contributed by atoms with Crippen LogP contribution in [0, 0.1) is 16.7 Å². The maximum absolute atomic E-state index is 13.5. The van der Waals surface area contributed by atoms with Crippen LogP contribution in [0.1, 0.15) is 40.4 Å². The average Bonchev–Trinajstić information content (AvgIpc) is 2.76. The molecule has 1 unspecified atom stereocenters. The quantitative estimate of drug-likeness (QED) is 0.406. The van der Waals surface area contributed by atoms with E-state index in [0.717, 1.165) is 24.0 Å². The molecule has 0 aromatic heterocycles. The first-order valence-electron chi connectivity index (χ1n) is 11.4. The third kappa shape index (κ3) is 3.76. The van der Waals surface area contributed by atoms with Crippen molar-refractivity contribution >= 4 is 29.4 Å². The molecule has 9 heteroatoms. The van der Waals surface area contributed by atoms with Crippen LogP contribution in [0.3, 0.4) is 0 Å². The molecule has 1 atom stereocenters. The zero-order chi connectivity index (χ0) is 24.0. The van der Waals surface area contributed by atoms with E-state index in [4.69, 9.17) is 16.2 Å². The van der Waals surface area contributed by atoms with Crippen molar-refractivity contribution < 1.29 is 19.5 Å². The van der Waals surface area contributed by atoms with Crippen LogP contribution in [0.2, 0.25) is 0 Å². The van der Waals surface area contributed by atoms with Crippen molar-refractivity contribution in [2.45, 2.75) is 25.3 Å². The number of anilines is 1. The highest BCUT2D eigenvalue weighted by Crippen LogP contribution is 2.53. The number of nitrogens with one attached hydrogen (secondary N) is 2. The molecule has 3 aliphatic rings. The minimum atomic E-state index is -1.04. The molecular weight excluding hydrogens is 434 g/mol. The molecule has 176 valence electrons. The molecule has 1 saturated carbocycles. The van der Waals surface area contributed by atoms with Gasteiger partial charge in [0.2, 0.25) is 5.91 Å². The van der Waals surface area contributed by atoms with Gasteiger partial charge in [-0.05, 0) is 54.7 Å². The van der Waals surface area contributed by atoms with Gasteiger partial charge in [-0.1, -0.05) is 24.3 Å². The summed E-state index contributed by atoms with van der Waals surface area (Å²) in [5, 5.41) is 19.5. The molecule has 34 heavy (non-hydrogen) atoms. The number of fused-ring (bicyclic) bond motifs is 1. The number of carbonyl (C=O) groups is 3. The first-order valence-corrected chi connectivity index (χ1v) is 11.4. The number of nitrogens with two attached hydrogens (primary N) is 1. The van der Waals surface area contributed by atoms with Gasteiger partial charge in [0, 0.05) is 36.7 Å². The Labute approximate surface area is 197 Å². The minimum Gasteiger partial charge on any atom is -0.478 e. The van der Waals surface area contributed by atoms with E-state index in [2.05, 4.69) is 5.32 Å². The van der Waals surface area contributed by atoms with E-state index >= 15 is 0 Å². The smallest absolute Gasteiger partial charge is 0.335 e. The third-order valence-electron chi connectivity index (χ3n) is 7.32. The Morgan fingerprint density at radius 2 is 1.74 bits per heavy atom. The monoisotopic (exact) mass is 461 g/mol. The molecule has 2 fully saturated rings. The normalized spacial score (nSPS) is 20.6. The first-order chi connectivity index (χ1) is 16.3. The van der Waals surface area contributed by atoms with Gasteiger partial charge in [-0.25, -0.2) is 4.79 Å². The van der Waals surface area contributed by atoms with Crippen LogP contribution in [-0.2, 0) is 16.0 Å². The number of hydrogen-bond donors (Lipinski definition) is 4. The van der Waals surface area contributed by atoms with Crippen LogP contribution in [0.5, 0.6) is 0 Å². The number of carboxylic acids is 1. The number of carboxylic acid groups (broad SMARTS) is 1. The van der Waals surface area contributed by atoms with Gasteiger partial charge >= 0.3 is 5.97 Å². The van der Waals surface area contributed by atoms with E-state index < -0.39 is 12.0 Å². The molecule has 2 heterocycles. The SMILES string of the molecule is N=C(N)N1CC2(CC(C(=O)N3CCc4ccccc4C3C(=O)Nc3ccc(C(=O)O)cc3)C2)C1. The molecule has 2 aromatic carbocycles. The van der Waals surface area contributed by atoms with Crippen molar-refractivity contribution in [1.82, 2.24) is 9.80 Å². The van der Waals surface area contributed by atoms with Crippen molar-refractivity contribution in [3.63, 3.8) is 0 Å². The average molecular weight is 462 g/mol. The van der Waals surface area contributed by atoms with Crippen LogP contribution in [0.15, 0.2) is 48.5 Å². The molecule has 1 saturated heterocycles. The minimum absolute atomic E-state index is 0.0113. The van der Waals surface area contributed by atoms with Crippen molar-refractivity contribution in [2.75, 3.05) is 25.0 Å². The van der Waals surface area contributed by atoms with Crippen molar-refractivity contribution in [3.05, 3.63) is 65.2 Å². The number of guanidine groups is 1. The Bertz CT molecular complexity index is 1160. The van der Waals surface area contributed by atoms with Gasteiger partial charge in [0.1, 0.15) is 6.04 Å². The maximum atomic E-state index is 13.5. The van der Waals surface area contributed by atoms with E-state index in [9.17, 15) is 14.4 Å². The van der Waals surface area contributed by atoms with Gasteiger partial charge in [0.05, 0.1) is 5.56 Å². The molecule has 0 bridgehead atoms. The van der Waals surface area contributed by atoms with Crippen molar-refractivity contribution in [2.24, 2.45) is 17.1 Å². The maximum Gasteiger partial charge on any atom is 0.335 e. The molecule has 2 amide bonds. The van der Waals surface area contributed by atoms with E-state index in [1.54, 1.807) is 17.0 Å². The highest BCUT2D eigenvalue weighted by molar-refractivity contribution is 5.99. The topological polar surface area (TPSA) is 140 Å². The van der Waals surface area contributed by atoms with E-state index in [1.807, 2.05) is 29.2 Å². The van der Waals surface area contributed by atoms with Crippen molar-refractivity contribution in [1.29, 1.82) is 5.41 Å². The number of aromatic carboxylic acids is 1. The second-order valence-electron chi connectivity index (χ2n) is 9.60. The fourth-order valence-electron chi connectivity index (χ4n) is 5.58.